The van der Waals surface area contributed by atoms with Gasteiger partial charge in [-0.05, 0) is 46.1 Å². The maximum atomic E-state index is 5.73. The van der Waals surface area contributed by atoms with Crippen molar-refractivity contribution in [1.82, 2.24) is 4.98 Å². The SMILES string of the molecule is CCCc1ccc(Oc2ccc(Br)cn2)c(OC)c1. The third kappa shape index (κ3) is 3.70. The summed E-state index contributed by atoms with van der Waals surface area (Å²) in [6.45, 7) is 2.16. The summed E-state index contributed by atoms with van der Waals surface area (Å²) in [5.41, 5.74) is 1.25. The van der Waals surface area contributed by atoms with E-state index in [2.05, 4.69) is 33.9 Å². The van der Waals surface area contributed by atoms with Gasteiger partial charge < -0.3 is 9.47 Å². The lowest BCUT2D eigenvalue weighted by Gasteiger charge is -2.11. The van der Waals surface area contributed by atoms with Crippen molar-refractivity contribution in [2.75, 3.05) is 7.11 Å². The highest BCUT2D eigenvalue weighted by molar-refractivity contribution is 9.10. The summed E-state index contributed by atoms with van der Waals surface area (Å²) < 4.78 is 12.0. The van der Waals surface area contributed by atoms with Crippen LogP contribution in [0.15, 0.2) is 41.0 Å². The van der Waals surface area contributed by atoms with Gasteiger partial charge in [0.25, 0.3) is 0 Å². The highest BCUT2D eigenvalue weighted by Gasteiger charge is 2.07. The fraction of sp³-hybridized carbons (Fsp3) is 0.267. The predicted molar refractivity (Wildman–Crippen MR) is 79.0 cm³/mol. The molecule has 1 aromatic heterocycles. The maximum absolute atomic E-state index is 5.73. The van der Waals surface area contributed by atoms with Crippen LogP contribution in [0.4, 0.5) is 0 Å². The number of aryl methyl sites for hydroxylation is 1. The quantitative estimate of drug-likeness (QED) is 0.806. The highest BCUT2D eigenvalue weighted by Crippen LogP contribution is 2.32. The van der Waals surface area contributed by atoms with Crippen LogP contribution in [0, 0.1) is 0 Å². The Balaban J connectivity index is 2.21. The number of hydrogen-bond donors (Lipinski definition) is 0. The topological polar surface area (TPSA) is 31.4 Å². The number of aromatic nitrogens is 1. The number of benzene rings is 1. The molecule has 0 amide bonds. The molecule has 1 heterocycles. The van der Waals surface area contributed by atoms with Gasteiger partial charge in [0.2, 0.25) is 5.88 Å². The molecule has 3 nitrogen and oxygen atoms in total. The van der Waals surface area contributed by atoms with Gasteiger partial charge >= 0.3 is 0 Å². The molecule has 0 N–H and O–H groups in total. The molecule has 1 aromatic carbocycles. The zero-order valence-electron chi connectivity index (χ0n) is 11.0. The molecule has 0 unspecified atom stereocenters. The van der Waals surface area contributed by atoms with Crippen molar-refractivity contribution in [2.45, 2.75) is 19.8 Å². The van der Waals surface area contributed by atoms with Gasteiger partial charge in [0.05, 0.1) is 7.11 Å². The zero-order chi connectivity index (χ0) is 13.7. The van der Waals surface area contributed by atoms with Crippen molar-refractivity contribution in [1.29, 1.82) is 0 Å². The van der Waals surface area contributed by atoms with E-state index in [9.17, 15) is 0 Å². The van der Waals surface area contributed by atoms with E-state index in [0.29, 0.717) is 11.6 Å². The molecule has 0 radical (unpaired) electrons. The van der Waals surface area contributed by atoms with Gasteiger partial charge in [0, 0.05) is 16.7 Å². The van der Waals surface area contributed by atoms with Gasteiger partial charge in [-0.3, -0.25) is 0 Å². The van der Waals surface area contributed by atoms with E-state index >= 15 is 0 Å². The molecule has 0 aliphatic rings. The van der Waals surface area contributed by atoms with E-state index < -0.39 is 0 Å². The van der Waals surface area contributed by atoms with Crippen molar-refractivity contribution in [2.24, 2.45) is 0 Å². The Labute approximate surface area is 121 Å². The van der Waals surface area contributed by atoms with Crippen LogP contribution in [0.2, 0.25) is 0 Å². The molecule has 0 bridgehead atoms. The number of methoxy groups -OCH3 is 1. The normalized spacial score (nSPS) is 10.3. The van der Waals surface area contributed by atoms with E-state index in [0.717, 1.165) is 23.1 Å². The van der Waals surface area contributed by atoms with Crippen molar-refractivity contribution in [3.63, 3.8) is 0 Å². The molecular formula is C15H16BrNO2. The zero-order valence-corrected chi connectivity index (χ0v) is 12.6. The molecule has 0 aliphatic carbocycles. The van der Waals surface area contributed by atoms with E-state index in [1.165, 1.54) is 5.56 Å². The molecule has 0 spiro atoms. The molecule has 0 saturated carbocycles. The fourth-order valence-corrected chi connectivity index (χ4v) is 2.01. The van der Waals surface area contributed by atoms with Crippen molar-refractivity contribution < 1.29 is 9.47 Å². The number of nitrogens with zero attached hydrogens (tertiary/aromatic N) is 1. The van der Waals surface area contributed by atoms with E-state index in [4.69, 9.17) is 9.47 Å². The van der Waals surface area contributed by atoms with Crippen LogP contribution >= 0.6 is 15.9 Å². The third-order valence-electron chi connectivity index (χ3n) is 2.68. The highest BCUT2D eigenvalue weighted by atomic mass is 79.9. The molecule has 2 rings (SSSR count). The molecule has 0 fully saturated rings. The summed E-state index contributed by atoms with van der Waals surface area (Å²) in [5, 5.41) is 0. The van der Waals surface area contributed by atoms with Gasteiger partial charge in [0.15, 0.2) is 11.5 Å². The summed E-state index contributed by atoms with van der Waals surface area (Å²) in [7, 11) is 1.65. The Kier molecular flexibility index (Phi) is 4.80. The lowest BCUT2D eigenvalue weighted by Crippen LogP contribution is -1.93. The monoisotopic (exact) mass is 321 g/mol. The molecular weight excluding hydrogens is 306 g/mol. The van der Waals surface area contributed by atoms with Crippen LogP contribution < -0.4 is 9.47 Å². The third-order valence-corrected chi connectivity index (χ3v) is 3.15. The number of ether oxygens (including phenoxy) is 2. The minimum Gasteiger partial charge on any atom is -0.493 e. The molecule has 100 valence electrons. The summed E-state index contributed by atoms with van der Waals surface area (Å²) in [6.07, 6.45) is 3.85. The first-order valence-corrected chi connectivity index (χ1v) is 6.98. The smallest absolute Gasteiger partial charge is 0.219 e. The van der Waals surface area contributed by atoms with E-state index in [-0.39, 0.29) is 0 Å². The summed E-state index contributed by atoms with van der Waals surface area (Å²) in [6, 6.07) is 9.69. The van der Waals surface area contributed by atoms with Gasteiger partial charge in [-0.1, -0.05) is 19.4 Å². The second-order valence-corrected chi connectivity index (χ2v) is 5.07. The van der Waals surface area contributed by atoms with Crippen LogP contribution in [0.5, 0.6) is 17.4 Å². The van der Waals surface area contributed by atoms with Gasteiger partial charge in [-0.2, -0.15) is 0 Å². The van der Waals surface area contributed by atoms with Crippen LogP contribution in [0.3, 0.4) is 0 Å². The number of pyridine rings is 1. The molecule has 4 heteroatoms. The van der Waals surface area contributed by atoms with Gasteiger partial charge in [-0.25, -0.2) is 4.98 Å². The van der Waals surface area contributed by atoms with E-state index in [1.54, 1.807) is 13.3 Å². The van der Waals surface area contributed by atoms with Gasteiger partial charge in [-0.15, -0.1) is 0 Å². The molecule has 0 atom stereocenters. The average molecular weight is 322 g/mol. The largest absolute Gasteiger partial charge is 0.493 e. The Hall–Kier alpha value is -1.55. The standard InChI is InChI=1S/C15H16BrNO2/c1-3-4-11-5-7-13(14(9-11)18-2)19-15-8-6-12(16)10-17-15/h5-10H,3-4H2,1-2H3. The van der Waals surface area contributed by atoms with Crippen LogP contribution in [0.25, 0.3) is 0 Å². The summed E-state index contributed by atoms with van der Waals surface area (Å²) in [5.74, 6) is 1.96. The Morgan fingerprint density at radius 1 is 1.16 bits per heavy atom. The first-order valence-electron chi connectivity index (χ1n) is 6.19. The lowest BCUT2D eigenvalue weighted by molar-refractivity contribution is 0.373. The minimum atomic E-state index is 0.546. The van der Waals surface area contributed by atoms with Crippen LogP contribution in [0.1, 0.15) is 18.9 Å². The maximum Gasteiger partial charge on any atom is 0.219 e. The Morgan fingerprint density at radius 2 is 2.00 bits per heavy atom. The molecule has 0 saturated heterocycles. The van der Waals surface area contributed by atoms with Crippen LogP contribution in [-0.2, 0) is 6.42 Å². The van der Waals surface area contributed by atoms with Crippen molar-refractivity contribution in [3.05, 3.63) is 46.6 Å². The first-order chi connectivity index (χ1) is 9.22. The van der Waals surface area contributed by atoms with E-state index in [1.807, 2.05) is 24.3 Å². The second kappa shape index (κ2) is 6.57. The average Bonchev–Trinajstić information content (AvgIpc) is 2.43. The fourth-order valence-electron chi connectivity index (χ4n) is 1.78. The summed E-state index contributed by atoms with van der Waals surface area (Å²) in [4.78, 5) is 4.18. The van der Waals surface area contributed by atoms with Gasteiger partial charge in [0.1, 0.15) is 0 Å². The second-order valence-electron chi connectivity index (χ2n) is 4.15. The lowest BCUT2D eigenvalue weighted by atomic mass is 10.1. The van der Waals surface area contributed by atoms with Crippen LogP contribution in [-0.4, -0.2) is 12.1 Å². The summed E-state index contributed by atoms with van der Waals surface area (Å²) >= 11 is 3.34. The van der Waals surface area contributed by atoms with Crippen molar-refractivity contribution >= 4 is 15.9 Å². The number of hydrogen-bond acceptors (Lipinski definition) is 3. The Bertz CT molecular complexity index is 540. The molecule has 0 aliphatic heterocycles. The number of rotatable bonds is 5. The minimum absolute atomic E-state index is 0.546. The number of halogens is 1. The first kappa shape index (κ1) is 13.9. The predicted octanol–water partition coefficient (Wildman–Crippen LogP) is 4.60. The molecule has 2 aromatic rings. The Morgan fingerprint density at radius 3 is 2.63 bits per heavy atom. The molecule has 19 heavy (non-hydrogen) atoms. The van der Waals surface area contributed by atoms with Crippen molar-refractivity contribution in [3.8, 4) is 17.4 Å².